The maximum Gasteiger partial charge on any atom is 0.225 e. The second-order valence-electron chi connectivity index (χ2n) is 5.58. The van der Waals surface area contributed by atoms with Crippen LogP contribution in [-0.2, 0) is 9.53 Å². The largest absolute Gasteiger partial charge is 0.381 e. The number of nitrogens with zero attached hydrogens (tertiary/aromatic N) is 1. The zero-order valence-corrected chi connectivity index (χ0v) is 11.4. The third-order valence-electron chi connectivity index (χ3n) is 4.23. The van der Waals surface area contributed by atoms with Gasteiger partial charge in [0.2, 0.25) is 5.91 Å². The Labute approximate surface area is 114 Å². The van der Waals surface area contributed by atoms with Gasteiger partial charge in [-0.15, -0.1) is 0 Å². The first-order chi connectivity index (χ1) is 9.12. The molecule has 0 unspecified atom stereocenters. The predicted molar refractivity (Wildman–Crippen MR) is 73.6 cm³/mol. The van der Waals surface area contributed by atoms with Gasteiger partial charge in [-0.2, -0.15) is 0 Å². The molecular weight excluding hydrogens is 244 g/mol. The van der Waals surface area contributed by atoms with Crippen LogP contribution in [0, 0.1) is 5.41 Å². The number of primary amides is 1. The van der Waals surface area contributed by atoms with Crippen molar-refractivity contribution in [2.75, 3.05) is 19.8 Å². The standard InChI is InChI=1S/C13H24N4O2/c14-11(18)13(5-7-19-8-6-13)9-16-12(15)17-10-3-1-2-4-10/h10H,1-9H2,(H2,14,18)(H3,15,16,17). The van der Waals surface area contributed by atoms with Crippen LogP contribution in [0.2, 0.25) is 0 Å². The molecule has 0 bridgehead atoms. The van der Waals surface area contributed by atoms with Crippen molar-refractivity contribution in [2.24, 2.45) is 21.9 Å². The van der Waals surface area contributed by atoms with E-state index in [9.17, 15) is 4.79 Å². The zero-order valence-electron chi connectivity index (χ0n) is 11.4. The van der Waals surface area contributed by atoms with Crippen molar-refractivity contribution < 1.29 is 9.53 Å². The Balaban J connectivity index is 1.91. The maximum atomic E-state index is 11.7. The smallest absolute Gasteiger partial charge is 0.225 e. The number of rotatable bonds is 4. The van der Waals surface area contributed by atoms with Gasteiger partial charge in [0.05, 0.1) is 12.0 Å². The molecule has 0 radical (unpaired) electrons. The fourth-order valence-electron chi connectivity index (χ4n) is 2.81. The van der Waals surface area contributed by atoms with E-state index in [1.54, 1.807) is 0 Å². The van der Waals surface area contributed by atoms with Gasteiger partial charge in [0.25, 0.3) is 0 Å². The fraction of sp³-hybridized carbons (Fsp3) is 0.846. The zero-order chi connectivity index (χ0) is 13.7. The van der Waals surface area contributed by atoms with Gasteiger partial charge in [-0.05, 0) is 25.7 Å². The Morgan fingerprint density at radius 3 is 2.47 bits per heavy atom. The average molecular weight is 268 g/mol. The molecule has 1 heterocycles. The molecular formula is C13H24N4O2. The van der Waals surface area contributed by atoms with Gasteiger partial charge in [0.15, 0.2) is 5.96 Å². The van der Waals surface area contributed by atoms with E-state index in [0.717, 1.165) is 12.8 Å². The fourth-order valence-corrected chi connectivity index (χ4v) is 2.81. The maximum absolute atomic E-state index is 11.7. The summed E-state index contributed by atoms with van der Waals surface area (Å²) in [6, 6.07) is 0.433. The molecule has 0 spiro atoms. The number of aliphatic imine (C=N–C) groups is 1. The summed E-state index contributed by atoms with van der Waals surface area (Å²) in [5.41, 5.74) is 10.8. The third-order valence-corrected chi connectivity index (χ3v) is 4.23. The number of guanidine groups is 1. The van der Waals surface area contributed by atoms with Crippen LogP contribution in [0.25, 0.3) is 0 Å². The van der Waals surface area contributed by atoms with Crippen LogP contribution in [0.1, 0.15) is 38.5 Å². The number of amides is 1. The number of nitrogens with one attached hydrogen (secondary N) is 1. The average Bonchev–Trinajstić information content (AvgIpc) is 2.90. The first-order valence-corrected chi connectivity index (χ1v) is 7.06. The van der Waals surface area contributed by atoms with E-state index in [1.807, 2.05) is 0 Å². The van der Waals surface area contributed by atoms with E-state index in [-0.39, 0.29) is 5.91 Å². The molecule has 1 aliphatic heterocycles. The summed E-state index contributed by atoms with van der Waals surface area (Å²) < 4.78 is 5.29. The number of nitrogens with two attached hydrogens (primary N) is 2. The van der Waals surface area contributed by atoms with E-state index in [4.69, 9.17) is 16.2 Å². The van der Waals surface area contributed by atoms with Crippen molar-refractivity contribution in [3.8, 4) is 0 Å². The summed E-state index contributed by atoms with van der Waals surface area (Å²) in [7, 11) is 0. The molecule has 1 aliphatic carbocycles. The lowest BCUT2D eigenvalue weighted by molar-refractivity contribution is -0.132. The lowest BCUT2D eigenvalue weighted by Crippen LogP contribution is -2.45. The molecule has 0 aromatic carbocycles. The van der Waals surface area contributed by atoms with Crippen molar-refractivity contribution in [1.82, 2.24) is 5.32 Å². The van der Waals surface area contributed by atoms with Crippen molar-refractivity contribution >= 4 is 11.9 Å². The van der Waals surface area contributed by atoms with Crippen LogP contribution in [0.3, 0.4) is 0 Å². The van der Waals surface area contributed by atoms with Gasteiger partial charge < -0.3 is 21.5 Å². The Hall–Kier alpha value is -1.30. The van der Waals surface area contributed by atoms with Gasteiger partial charge in [0, 0.05) is 19.3 Å². The first kappa shape index (κ1) is 14.1. The van der Waals surface area contributed by atoms with E-state index < -0.39 is 5.41 Å². The van der Waals surface area contributed by atoms with E-state index in [1.165, 1.54) is 12.8 Å². The number of carbonyl (C=O) groups excluding carboxylic acids is 1. The number of hydrogen-bond donors (Lipinski definition) is 3. The SMILES string of the molecule is NC(=O)C1(CN=C(N)NC2CCCC2)CCOCC1. The summed E-state index contributed by atoms with van der Waals surface area (Å²) in [6.45, 7) is 1.49. The molecule has 5 N–H and O–H groups in total. The van der Waals surface area contributed by atoms with Crippen molar-refractivity contribution in [3.63, 3.8) is 0 Å². The molecule has 0 aromatic heterocycles. The molecule has 6 nitrogen and oxygen atoms in total. The lowest BCUT2D eigenvalue weighted by Gasteiger charge is -2.32. The van der Waals surface area contributed by atoms with Crippen LogP contribution in [0.4, 0.5) is 0 Å². The summed E-state index contributed by atoms with van der Waals surface area (Å²) >= 11 is 0. The molecule has 19 heavy (non-hydrogen) atoms. The molecule has 1 saturated heterocycles. The van der Waals surface area contributed by atoms with E-state index >= 15 is 0 Å². The molecule has 2 rings (SSSR count). The highest BCUT2D eigenvalue weighted by Crippen LogP contribution is 2.30. The summed E-state index contributed by atoms with van der Waals surface area (Å²) in [5, 5.41) is 3.22. The highest BCUT2D eigenvalue weighted by atomic mass is 16.5. The second-order valence-corrected chi connectivity index (χ2v) is 5.58. The Morgan fingerprint density at radius 2 is 1.89 bits per heavy atom. The van der Waals surface area contributed by atoms with Crippen LogP contribution in [0.5, 0.6) is 0 Å². The topological polar surface area (TPSA) is 103 Å². The van der Waals surface area contributed by atoms with Gasteiger partial charge in [0.1, 0.15) is 0 Å². The Kier molecular flexibility index (Phi) is 4.63. The van der Waals surface area contributed by atoms with Crippen LogP contribution in [0.15, 0.2) is 4.99 Å². The van der Waals surface area contributed by atoms with Gasteiger partial charge in [-0.3, -0.25) is 9.79 Å². The van der Waals surface area contributed by atoms with Crippen molar-refractivity contribution in [3.05, 3.63) is 0 Å². The summed E-state index contributed by atoms with van der Waals surface area (Å²) in [6.07, 6.45) is 6.03. The van der Waals surface area contributed by atoms with Crippen LogP contribution in [-0.4, -0.2) is 37.7 Å². The third kappa shape index (κ3) is 3.59. The van der Waals surface area contributed by atoms with Gasteiger partial charge >= 0.3 is 0 Å². The minimum absolute atomic E-state index is 0.298. The van der Waals surface area contributed by atoms with Gasteiger partial charge in [-0.25, -0.2) is 0 Å². The molecule has 6 heteroatoms. The molecule has 0 aromatic rings. The van der Waals surface area contributed by atoms with Crippen LogP contribution >= 0.6 is 0 Å². The molecule has 1 saturated carbocycles. The molecule has 1 amide bonds. The molecule has 0 atom stereocenters. The van der Waals surface area contributed by atoms with Gasteiger partial charge in [-0.1, -0.05) is 12.8 Å². The number of hydrogen-bond acceptors (Lipinski definition) is 3. The number of carbonyl (C=O) groups is 1. The number of ether oxygens (including phenoxy) is 1. The lowest BCUT2D eigenvalue weighted by atomic mass is 9.79. The van der Waals surface area contributed by atoms with Crippen LogP contribution < -0.4 is 16.8 Å². The van der Waals surface area contributed by atoms with E-state index in [2.05, 4.69) is 10.3 Å². The minimum atomic E-state index is -0.583. The Morgan fingerprint density at radius 1 is 1.26 bits per heavy atom. The highest BCUT2D eigenvalue weighted by Gasteiger charge is 2.38. The molecule has 108 valence electrons. The van der Waals surface area contributed by atoms with Crippen molar-refractivity contribution in [1.29, 1.82) is 0 Å². The molecule has 2 fully saturated rings. The quantitative estimate of drug-likeness (QED) is 0.497. The first-order valence-electron chi connectivity index (χ1n) is 7.06. The summed E-state index contributed by atoms with van der Waals surface area (Å²) in [4.78, 5) is 16.0. The Bertz CT molecular complexity index is 345. The van der Waals surface area contributed by atoms with Crippen molar-refractivity contribution in [2.45, 2.75) is 44.6 Å². The predicted octanol–water partition coefficient (Wildman–Crippen LogP) is 0.115. The monoisotopic (exact) mass is 268 g/mol. The highest BCUT2D eigenvalue weighted by molar-refractivity contribution is 5.82. The summed E-state index contributed by atoms with van der Waals surface area (Å²) in [5.74, 6) is 0.132. The molecule has 2 aliphatic rings. The second kappa shape index (κ2) is 6.23. The van der Waals surface area contributed by atoms with E-state index in [0.29, 0.717) is 44.6 Å². The minimum Gasteiger partial charge on any atom is -0.381 e. The normalized spacial score (nSPS) is 24.3.